The Kier molecular flexibility index (Phi) is 5.15. The summed E-state index contributed by atoms with van der Waals surface area (Å²) in [4.78, 5) is 37.9. The number of nitrogens with zero attached hydrogens (tertiary/aromatic N) is 2. The molecule has 2 rings (SSSR count). The SMILES string of the molecule is NC(=O)CCC(=O)N1CCN(c2ccc(F)cc2)CC1C(N)=O. The normalized spacial score (nSPS) is 17.9. The Balaban J connectivity index is 2.08. The highest BCUT2D eigenvalue weighted by Crippen LogP contribution is 2.20. The van der Waals surface area contributed by atoms with Crippen molar-refractivity contribution in [1.82, 2.24) is 4.90 Å². The Labute approximate surface area is 133 Å². The molecular weight excluding hydrogens is 303 g/mol. The summed E-state index contributed by atoms with van der Waals surface area (Å²) < 4.78 is 13.0. The minimum absolute atomic E-state index is 0.0460. The quantitative estimate of drug-likeness (QED) is 0.768. The lowest BCUT2D eigenvalue weighted by molar-refractivity contribution is -0.140. The highest BCUT2D eigenvalue weighted by Gasteiger charge is 2.34. The maximum absolute atomic E-state index is 13.0. The summed E-state index contributed by atoms with van der Waals surface area (Å²) >= 11 is 0. The molecule has 3 amide bonds. The van der Waals surface area contributed by atoms with E-state index in [1.54, 1.807) is 12.1 Å². The van der Waals surface area contributed by atoms with E-state index in [1.165, 1.54) is 17.0 Å². The maximum atomic E-state index is 13.0. The van der Waals surface area contributed by atoms with Gasteiger partial charge < -0.3 is 21.3 Å². The summed E-state index contributed by atoms with van der Waals surface area (Å²) in [5.41, 5.74) is 11.2. The average molecular weight is 322 g/mol. The van der Waals surface area contributed by atoms with Crippen LogP contribution in [0, 0.1) is 5.82 Å². The van der Waals surface area contributed by atoms with Crippen molar-refractivity contribution in [1.29, 1.82) is 0 Å². The molecule has 23 heavy (non-hydrogen) atoms. The Hall–Kier alpha value is -2.64. The van der Waals surface area contributed by atoms with Gasteiger partial charge in [0.15, 0.2) is 0 Å². The molecule has 1 aromatic rings. The molecule has 1 heterocycles. The lowest BCUT2D eigenvalue weighted by Crippen LogP contribution is -2.60. The smallest absolute Gasteiger partial charge is 0.242 e. The number of rotatable bonds is 5. The van der Waals surface area contributed by atoms with Gasteiger partial charge in [-0.25, -0.2) is 4.39 Å². The third kappa shape index (κ3) is 4.18. The number of benzene rings is 1. The van der Waals surface area contributed by atoms with Crippen molar-refractivity contribution in [2.75, 3.05) is 24.5 Å². The molecule has 1 atom stereocenters. The second kappa shape index (κ2) is 7.08. The van der Waals surface area contributed by atoms with Crippen LogP contribution in [0.3, 0.4) is 0 Å². The standard InChI is InChI=1S/C15H19FN4O3/c16-10-1-3-11(4-2-10)19-7-8-20(12(9-19)15(18)23)14(22)6-5-13(17)21/h1-4,12H,5-9H2,(H2,17,21)(H2,18,23). The molecule has 0 aliphatic carbocycles. The van der Waals surface area contributed by atoms with Gasteiger partial charge in [0.05, 0.1) is 0 Å². The summed E-state index contributed by atoms with van der Waals surface area (Å²) in [5.74, 6) is -1.87. The molecule has 1 aromatic carbocycles. The Bertz CT molecular complexity index is 605. The highest BCUT2D eigenvalue weighted by molar-refractivity contribution is 5.89. The van der Waals surface area contributed by atoms with Gasteiger partial charge in [0.25, 0.3) is 0 Å². The summed E-state index contributed by atoms with van der Waals surface area (Å²) in [6.45, 7) is 1.00. The minimum Gasteiger partial charge on any atom is -0.370 e. The summed E-state index contributed by atoms with van der Waals surface area (Å²) in [5, 5.41) is 0. The van der Waals surface area contributed by atoms with E-state index in [9.17, 15) is 18.8 Å². The van der Waals surface area contributed by atoms with E-state index in [-0.39, 0.29) is 31.1 Å². The van der Waals surface area contributed by atoms with Gasteiger partial charge in [0.1, 0.15) is 11.9 Å². The number of anilines is 1. The number of nitrogens with two attached hydrogens (primary N) is 2. The van der Waals surface area contributed by atoms with Crippen LogP contribution in [-0.2, 0) is 14.4 Å². The number of piperazine rings is 1. The van der Waals surface area contributed by atoms with Crippen LogP contribution in [0.25, 0.3) is 0 Å². The lowest BCUT2D eigenvalue weighted by atomic mass is 10.1. The van der Waals surface area contributed by atoms with E-state index in [0.717, 1.165) is 5.69 Å². The fraction of sp³-hybridized carbons (Fsp3) is 0.400. The second-order valence-electron chi connectivity index (χ2n) is 5.39. The van der Waals surface area contributed by atoms with Gasteiger partial charge in [-0.3, -0.25) is 14.4 Å². The number of hydrogen-bond donors (Lipinski definition) is 2. The molecule has 4 N–H and O–H groups in total. The van der Waals surface area contributed by atoms with Crippen LogP contribution >= 0.6 is 0 Å². The monoisotopic (exact) mass is 322 g/mol. The fourth-order valence-electron chi connectivity index (χ4n) is 2.59. The Morgan fingerprint density at radius 3 is 2.30 bits per heavy atom. The van der Waals surface area contributed by atoms with Crippen molar-refractivity contribution in [3.05, 3.63) is 30.1 Å². The first-order valence-corrected chi connectivity index (χ1v) is 7.26. The Morgan fingerprint density at radius 2 is 1.74 bits per heavy atom. The van der Waals surface area contributed by atoms with Crippen LogP contribution in [0.15, 0.2) is 24.3 Å². The number of carbonyl (C=O) groups is 3. The third-order valence-corrected chi connectivity index (χ3v) is 3.81. The van der Waals surface area contributed by atoms with Crippen LogP contribution < -0.4 is 16.4 Å². The largest absolute Gasteiger partial charge is 0.370 e. The lowest BCUT2D eigenvalue weighted by Gasteiger charge is -2.41. The van der Waals surface area contributed by atoms with Crippen molar-refractivity contribution in [2.24, 2.45) is 11.5 Å². The van der Waals surface area contributed by atoms with E-state index in [1.807, 2.05) is 4.90 Å². The van der Waals surface area contributed by atoms with Gasteiger partial charge in [-0.2, -0.15) is 0 Å². The first-order chi connectivity index (χ1) is 10.9. The van der Waals surface area contributed by atoms with Gasteiger partial charge in [-0.15, -0.1) is 0 Å². The maximum Gasteiger partial charge on any atom is 0.242 e. The van der Waals surface area contributed by atoms with Gasteiger partial charge in [-0.05, 0) is 24.3 Å². The summed E-state index contributed by atoms with van der Waals surface area (Å²) in [6, 6.07) is 5.09. The van der Waals surface area contributed by atoms with Gasteiger partial charge in [-0.1, -0.05) is 0 Å². The first-order valence-electron chi connectivity index (χ1n) is 7.26. The zero-order valence-corrected chi connectivity index (χ0v) is 12.6. The molecule has 8 heteroatoms. The van der Waals surface area contributed by atoms with Crippen LogP contribution in [0.1, 0.15) is 12.8 Å². The van der Waals surface area contributed by atoms with Crippen LogP contribution in [0.4, 0.5) is 10.1 Å². The van der Waals surface area contributed by atoms with E-state index >= 15 is 0 Å². The zero-order chi connectivity index (χ0) is 17.0. The molecule has 0 bridgehead atoms. The molecule has 1 unspecified atom stereocenters. The molecule has 1 aliphatic heterocycles. The van der Waals surface area contributed by atoms with E-state index in [0.29, 0.717) is 13.1 Å². The second-order valence-corrected chi connectivity index (χ2v) is 5.39. The molecule has 0 spiro atoms. The Morgan fingerprint density at radius 1 is 1.09 bits per heavy atom. The fourth-order valence-corrected chi connectivity index (χ4v) is 2.59. The van der Waals surface area contributed by atoms with E-state index in [2.05, 4.69) is 0 Å². The molecule has 0 aromatic heterocycles. The summed E-state index contributed by atoms with van der Waals surface area (Å²) in [6.07, 6.45) is -0.113. The van der Waals surface area contributed by atoms with Crippen molar-refractivity contribution < 1.29 is 18.8 Å². The molecule has 1 fully saturated rings. The van der Waals surface area contributed by atoms with Crippen molar-refractivity contribution in [3.63, 3.8) is 0 Å². The van der Waals surface area contributed by atoms with Crippen molar-refractivity contribution >= 4 is 23.4 Å². The zero-order valence-electron chi connectivity index (χ0n) is 12.6. The molecule has 1 saturated heterocycles. The first kappa shape index (κ1) is 16.7. The number of amides is 3. The van der Waals surface area contributed by atoms with Gasteiger partial charge >= 0.3 is 0 Å². The molecule has 124 valence electrons. The molecular formula is C15H19FN4O3. The molecule has 7 nitrogen and oxygen atoms in total. The number of carbonyl (C=O) groups excluding carboxylic acids is 3. The topological polar surface area (TPSA) is 110 Å². The third-order valence-electron chi connectivity index (χ3n) is 3.81. The molecule has 1 aliphatic rings. The average Bonchev–Trinajstić information content (AvgIpc) is 2.52. The van der Waals surface area contributed by atoms with Crippen LogP contribution in [0.5, 0.6) is 0 Å². The van der Waals surface area contributed by atoms with E-state index in [4.69, 9.17) is 11.5 Å². The predicted molar refractivity (Wildman–Crippen MR) is 81.7 cm³/mol. The molecule has 0 saturated carbocycles. The van der Waals surface area contributed by atoms with Gasteiger partial charge in [0, 0.05) is 38.2 Å². The number of hydrogen-bond acceptors (Lipinski definition) is 4. The van der Waals surface area contributed by atoms with Gasteiger partial charge in [0.2, 0.25) is 17.7 Å². The van der Waals surface area contributed by atoms with E-state index < -0.39 is 17.9 Å². The number of primary amides is 2. The van der Waals surface area contributed by atoms with Crippen molar-refractivity contribution in [2.45, 2.75) is 18.9 Å². The minimum atomic E-state index is -0.797. The number of halogens is 1. The van der Waals surface area contributed by atoms with Crippen LogP contribution in [0.2, 0.25) is 0 Å². The predicted octanol–water partition coefficient (Wildman–Crippen LogP) is -0.406. The molecule has 0 radical (unpaired) electrons. The van der Waals surface area contributed by atoms with Crippen LogP contribution in [-0.4, -0.2) is 48.3 Å². The van der Waals surface area contributed by atoms with Crippen molar-refractivity contribution in [3.8, 4) is 0 Å². The highest BCUT2D eigenvalue weighted by atomic mass is 19.1. The summed E-state index contributed by atoms with van der Waals surface area (Å²) in [7, 11) is 0.